The minimum Gasteiger partial charge on any atom is -0.496 e. The standard InChI is InChI=1S/C15H13Cl2FO2/c1-15(19,9-5-3-6-10(16)14(9)17)13-11(18)7-4-8-12(13)20-2/h3-8,19H,1-2H3. The van der Waals surface area contributed by atoms with Gasteiger partial charge in [-0.15, -0.1) is 0 Å². The number of aliphatic hydroxyl groups is 1. The predicted molar refractivity (Wildman–Crippen MR) is 78.1 cm³/mol. The lowest BCUT2D eigenvalue weighted by molar-refractivity contribution is 0.0946. The molecule has 1 unspecified atom stereocenters. The van der Waals surface area contributed by atoms with E-state index in [2.05, 4.69) is 0 Å². The van der Waals surface area contributed by atoms with Crippen LogP contribution in [0.1, 0.15) is 18.1 Å². The molecule has 2 aromatic carbocycles. The van der Waals surface area contributed by atoms with Crippen molar-refractivity contribution < 1.29 is 14.2 Å². The van der Waals surface area contributed by atoms with Crippen molar-refractivity contribution in [3.05, 3.63) is 63.4 Å². The molecule has 0 bridgehead atoms. The molecule has 2 rings (SSSR count). The molecule has 0 aliphatic rings. The normalized spacial score (nSPS) is 13.9. The summed E-state index contributed by atoms with van der Waals surface area (Å²) in [5, 5.41) is 11.3. The quantitative estimate of drug-likeness (QED) is 0.910. The van der Waals surface area contributed by atoms with Gasteiger partial charge < -0.3 is 9.84 Å². The van der Waals surface area contributed by atoms with E-state index >= 15 is 0 Å². The highest BCUT2D eigenvalue weighted by atomic mass is 35.5. The Hall–Kier alpha value is -1.29. The minimum atomic E-state index is -1.67. The molecule has 0 aliphatic carbocycles. The van der Waals surface area contributed by atoms with Crippen molar-refractivity contribution in [2.24, 2.45) is 0 Å². The highest BCUT2D eigenvalue weighted by Crippen LogP contribution is 2.41. The van der Waals surface area contributed by atoms with Gasteiger partial charge in [0.2, 0.25) is 0 Å². The molecule has 0 fully saturated rings. The molecule has 0 radical (unpaired) electrons. The SMILES string of the molecule is COc1cccc(F)c1C(C)(O)c1cccc(Cl)c1Cl. The molecule has 1 atom stereocenters. The zero-order valence-electron chi connectivity index (χ0n) is 11.0. The monoisotopic (exact) mass is 314 g/mol. The Labute approximate surface area is 126 Å². The van der Waals surface area contributed by atoms with Crippen LogP contribution in [0.15, 0.2) is 36.4 Å². The second-order valence-electron chi connectivity index (χ2n) is 4.49. The number of hydrogen-bond acceptors (Lipinski definition) is 2. The molecule has 0 spiro atoms. The first-order chi connectivity index (χ1) is 9.39. The van der Waals surface area contributed by atoms with Gasteiger partial charge in [-0.1, -0.05) is 41.4 Å². The molecule has 0 aliphatic heterocycles. The summed E-state index contributed by atoms with van der Waals surface area (Å²) in [6.45, 7) is 1.45. The molecule has 106 valence electrons. The van der Waals surface area contributed by atoms with Crippen LogP contribution >= 0.6 is 23.2 Å². The van der Waals surface area contributed by atoms with Gasteiger partial charge in [0.25, 0.3) is 0 Å². The fourth-order valence-corrected chi connectivity index (χ4v) is 2.65. The zero-order chi connectivity index (χ0) is 14.9. The van der Waals surface area contributed by atoms with Crippen LogP contribution in [-0.2, 0) is 5.60 Å². The van der Waals surface area contributed by atoms with Crippen LogP contribution in [0.25, 0.3) is 0 Å². The van der Waals surface area contributed by atoms with Crippen LogP contribution < -0.4 is 4.74 Å². The average molecular weight is 315 g/mol. The largest absolute Gasteiger partial charge is 0.496 e. The first kappa shape index (κ1) is 15.1. The van der Waals surface area contributed by atoms with Gasteiger partial charge in [-0.25, -0.2) is 4.39 Å². The van der Waals surface area contributed by atoms with E-state index < -0.39 is 11.4 Å². The molecular formula is C15H13Cl2FO2. The molecule has 0 amide bonds. The Morgan fingerprint density at radius 3 is 2.45 bits per heavy atom. The van der Waals surface area contributed by atoms with Crippen LogP contribution in [0.5, 0.6) is 5.75 Å². The number of rotatable bonds is 3. The van der Waals surface area contributed by atoms with E-state index in [0.717, 1.165) is 0 Å². The maximum Gasteiger partial charge on any atom is 0.133 e. The second kappa shape index (κ2) is 5.60. The van der Waals surface area contributed by atoms with Crippen molar-refractivity contribution in [3.8, 4) is 5.75 Å². The van der Waals surface area contributed by atoms with E-state index in [1.807, 2.05) is 0 Å². The number of methoxy groups -OCH3 is 1. The van der Waals surface area contributed by atoms with Crippen molar-refractivity contribution >= 4 is 23.2 Å². The van der Waals surface area contributed by atoms with E-state index in [9.17, 15) is 9.50 Å². The third-order valence-corrected chi connectivity index (χ3v) is 3.98. The summed E-state index contributed by atoms with van der Waals surface area (Å²) in [6.07, 6.45) is 0. The van der Waals surface area contributed by atoms with Crippen molar-refractivity contribution in [3.63, 3.8) is 0 Å². The van der Waals surface area contributed by atoms with E-state index in [1.165, 1.54) is 26.2 Å². The summed E-state index contributed by atoms with van der Waals surface area (Å²) >= 11 is 12.1. The van der Waals surface area contributed by atoms with Crippen molar-refractivity contribution in [2.45, 2.75) is 12.5 Å². The van der Waals surface area contributed by atoms with Gasteiger partial charge in [0.15, 0.2) is 0 Å². The highest BCUT2D eigenvalue weighted by molar-refractivity contribution is 6.42. The van der Waals surface area contributed by atoms with E-state index in [4.69, 9.17) is 27.9 Å². The maximum atomic E-state index is 14.1. The molecule has 1 N–H and O–H groups in total. The fourth-order valence-electron chi connectivity index (χ4n) is 2.16. The topological polar surface area (TPSA) is 29.5 Å². The van der Waals surface area contributed by atoms with E-state index in [-0.39, 0.29) is 16.3 Å². The van der Waals surface area contributed by atoms with Crippen molar-refractivity contribution in [1.82, 2.24) is 0 Å². The van der Waals surface area contributed by atoms with Crippen LogP contribution in [0.2, 0.25) is 10.0 Å². The molecule has 2 aromatic rings. The molecule has 2 nitrogen and oxygen atoms in total. The summed E-state index contributed by atoms with van der Waals surface area (Å²) in [7, 11) is 1.41. The molecule has 0 heterocycles. The number of hydrogen-bond donors (Lipinski definition) is 1. The summed E-state index contributed by atoms with van der Waals surface area (Å²) in [6, 6.07) is 9.18. The zero-order valence-corrected chi connectivity index (χ0v) is 12.5. The lowest BCUT2D eigenvalue weighted by atomic mass is 9.87. The van der Waals surface area contributed by atoms with Gasteiger partial charge in [0.1, 0.15) is 17.2 Å². The second-order valence-corrected chi connectivity index (χ2v) is 5.28. The first-order valence-electron chi connectivity index (χ1n) is 5.89. The maximum absolute atomic E-state index is 14.1. The lowest BCUT2D eigenvalue weighted by Gasteiger charge is -2.27. The molecular weight excluding hydrogens is 302 g/mol. The average Bonchev–Trinajstić information content (AvgIpc) is 2.41. The van der Waals surface area contributed by atoms with Crippen LogP contribution in [0, 0.1) is 5.82 Å². The number of halogens is 3. The summed E-state index contributed by atoms with van der Waals surface area (Å²) in [5.41, 5.74) is -1.33. The minimum absolute atomic E-state index is 0.0201. The van der Waals surface area contributed by atoms with Gasteiger partial charge in [-0.05, 0) is 25.1 Å². The Bertz CT molecular complexity index is 642. The third kappa shape index (κ3) is 2.49. The molecule has 0 saturated heterocycles. The van der Waals surface area contributed by atoms with Crippen LogP contribution in [0.3, 0.4) is 0 Å². The Balaban J connectivity index is 2.70. The Morgan fingerprint density at radius 2 is 1.80 bits per heavy atom. The fraction of sp³-hybridized carbons (Fsp3) is 0.200. The molecule has 0 aromatic heterocycles. The van der Waals surface area contributed by atoms with Gasteiger partial charge in [-0.2, -0.15) is 0 Å². The lowest BCUT2D eigenvalue weighted by Crippen LogP contribution is -2.25. The highest BCUT2D eigenvalue weighted by Gasteiger charge is 2.34. The van der Waals surface area contributed by atoms with Gasteiger partial charge in [-0.3, -0.25) is 0 Å². The van der Waals surface area contributed by atoms with Crippen molar-refractivity contribution in [1.29, 1.82) is 0 Å². The smallest absolute Gasteiger partial charge is 0.133 e. The van der Waals surface area contributed by atoms with Crippen LogP contribution in [-0.4, -0.2) is 12.2 Å². The number of ether oxygens (including phenoxy) is 1. The Kier molecular flexibility index (Phi) is 4.23. The molecule has 0 saturated carbocycles. The van der Waals surface area contributed by atoms with Gasteiger partial charge >= 0.3 is 0 Å². The third-order valence-electron chi connectivity index (χ3n) is 3.16. The first-order valence-corrected chi connectivity index (χ1v) is 6.65. The van der Waals surface area contributed by atoms with Gasteiger partial charge in [0.05, 0.1) is 22.7 Å². The van der Waals surface area contributed by atoms with E-state index in [1.54, 1.807) is 24.3 Å². The van der Waals surface area contributed by atoms with E-state index in [0.29, 0.717) is 10.6 Å². The summed E-state index contributed by atoms with van der Waals surface area (Å²) < 4.78 is 19.3. The van der Waals surface area contributed by atoms with Gasteiger partial charge in [0, 0.05) is 5.56 Å². The van der Waals surface area contributed by atoms with Crippen LogP contribution in [0.4, 0.5) is 4.39 Å². The summed E-state index contributed by atoms with van der Waals surface area (Å²) in [4.78, 5) is 0. The number of benzene rings is 2. The Morgan fingerprint density at radius 1 is 1.15 bits per heavy atom. The summed E-state index contributed by atoms with van der Waals surface area (Å²) in [5.74, 6) is -0.337. The molecule has 5 heteroatoms. The molecule has 20 heavy (non-hydrogen) atoms. The predicted octanol–water partition coefficient (Wildman–Crippen LogP) is 4.40. The van der Waals surface area contributed by atoms with Crippen molar-refractivity contribution in [2.75, 3.05) is 7.11 Å².